The Balaban J connectivity index is 1.31. The minimum absolute atomic E-state index is 0.0365. The second kappa shape index (κ2) is 8.49. The van der Waals surface area contributed by atoms with Crippen molar-refractivity contribution < 1.29 is 14.3 Å². The lowest BCUT2D eigenvalue weighted by atomic mass is 10.1. The summed E-state index contributed by atoms with van der Waals surface area (Å²) < 4.78 is 7.34. The number of furan rings is 1. The molecule has 1 aromatic carbocycles. The van der Waals surface area contributed by atoms with Crippen LogP contribution in [-0.2, 0) is 24.4 Å². The Morgan fingerprint density at radius 2 is 2.06 bits per heavy atom. The largest absolute Gasteiger partial charge is 0.467 e. The molecule has 7 heteroatoms. The van der Waals surface area contributed by atoms with Gasteiger partial charge in [0.25, 0.3) is 0 Å². The monoisotopic (exact) mass is 422 g/mol. The van der Waals surface area contributed by atoms with E-state index in [1.165, 1.54) is 10.9 Å². The minimum Gasteiger partial charge on any atom is -0.467 e. The number of rotatable bonds is 6. The van der Waals surface area contributed by atoms with Crippen LogP contribution in [0.5, 0.6) is 0 Å². The molecule has 2 fully saturated rings. The molecule has 5 rings (SSSR count). The average Bonchev–Trinajstić information content (AvgIpc) is 3.47. The topological polar surface area (TPSA) is 73.9 Å². The molecule has 2 aliphatic rings. The van der Waals surface area contributed by atoms with Gasteiger partial charge in [-0.3, -0.25) is 14.6 Å². The first-order valence-electron chi connectivity index (χ1n) is 11.1. The van der Waals surface area contributed by atoms with Crippen LogP contribution in [0.1, 0.15) is 24.7 Å². The Morgan fingerprint density at radius 3 is 2.90 bits per heavy atom. The normalized spacial score (nSPS) is 24.5. The Bertz CT molecular complexity index is 1040. The van der Waals surface area contributed by atoms with Gasteiger partial charge in [0.05, 0.1) is 18.9 Å². The number of piperazine rings is 1. The van der Waals surface area contributed by atoms with Crippen molar-refractivity contribution in [3.8, 4) is 0 Å². The Morgan fingerprint density at radius 1 is 1.19 bits per heavy atom. The molecule has 7 nitrogen and oxygen atoms in total. The van der Waals surface area contributed by atoms with Gasteiger partial charge in [-0.05, 0) is 37.1 Å². The predicted octanol–water partition coefficient (Wildman–Crippen LogP) is 2.19. The zero-order chi connectivity index (χ0) is 21.4. The third-order valence-electron chi connectivity index (χ3n) is 6.67. The Labute approximate surface area is 182 Å². The molecule has 2 aliphatic heterocycles. The number of hydrogen-bond acceptors (Lipinski definition) is 5. The molecule has 0 bridgehead atoms. The quantitative estimate of drug-likeness (QED) is 0.637. The zero-order valence-corrected chi connectivity index (χ0v) is 17.9. The number of carbonyl (C=O) groups is 1. The summed E-state index contributed by atoms with van der Waals surface area (Å²) in [6.07, 6.45) is 4.40. The van der Waals surface area contributed by atoms with Crippen molar-refractivity contribution in [2.45, 2.75) is 51.2 Å². The lowest BCUT2D eigenvalue weighted by molar-refractivity contribution is -0.121. The van der Waals surface area contributed by atoms with Crippen molar-refractivity contribution in [3.63, 3.8) is 0 Å². The van der Waals surface area contributed by atoms with Crippen LogP contribution in [0.3, 0.4) is 0 Å². The molecule has 2 saturated heterocycles. The number of nitrogens with zero attached hydrogens (tertiary/aromatic N) is 3. The fourth-order valence-electron chi connectivity index (χ4n) is 5.10. The SMILES string of the molecule is C[C@@H]1CN2C[C@H](O)CC2CN1Cc1cn(CC(=O)NCc2ccco2)c2ccccc12. The van der Waals surface area contributed by atoms with E-state index in [9.17, 15) is 9.90 Å². The average molecular weight is 423 g/mol. The zero-order valence-electron chi connectivity index (χ0n) is 17.9. The van der Waals surface area contributed by atoms with Crippen molar-refractivity contribution >= 4 is 16.8 Å². The summed E-state index contributed by atoms with van der Waals surface area (Å²) in [6.45, 7) is 6.56. The molecule has 0 saturated carbocycles. The lowest BCUT2D eigenvalue weighted by Gasteiger charge is -2.42. The highest BCUT2D eigenvalue weighted by atomic mass is 16.3. The van der Waals surface area contributed by atoms with Gasteiger partial charge in [0.2, 0.25) is 5.91 Å². The molecule has 3 aromatic rings. The van der Waals surface area contributed by atoms with E-state index in [4.69, 9.17) is 4.42 Å². The third kappa shape index (κ3) is 4.26. The summed E-state index contributed by atoms with van der Waals surface area (Å²) in [5.74, 6) is 0.710. The van der Waals surface area contributed by atoms with Crippen LogP contribution in [-0.4, -0.2) is 63.2 Å². The molecule has 0 spiro atoms. The molecular formula is C24H30N4O3. The summed E-state index contributed by atoms with van der Waals surface area (Å²) >= 11 is 0. The highest BCUT2D eigenvalue weighted by molar-refractivity contribution is 5.86. The van der Waals surface area contributed by atoms with Gasteiger partial charge >= 0.3 is 0 Å². The van der Waals surface area contributed by atoms with Gasteiger partial charge < -0.3 is 19.4 Å². The van der Waals surface area contributed by atoms with Crippen molar-refractivity contribution in [2.24, 2.45) is 0 Å². The molecule has 1 unspecified atom stereocenters. The van der Waals surface area contributed by atoms with Gasteiger partial charge in [-0.25, -0.2) is 0 Å². The van der Waals surface area contributed by atoms with Crippen molar-refractivity contribution in [1.29, 1.82) is 0 Å². The predicted molar refractivity (Wildman–Crippen MR) is 118 cm³/mol. The number of fused-ring (bicyclic) bond motifs is 2. The molecule has 4 heterocycles. The van der Waals surface area contributed by atoms with Crippen molar-refractivity contribution in [3.05, 3.63) is 60.2 Å². The lowest BCUT2D eigenvalue weighted by Crippen LogP contribution is -2.54. The number of nitrogens with one attached hydrogen (secondary N) is 1. The molecule has 31 heavy (non-hydrogen) atoms. The van der Waals surface area contributed by atoms with E-state index in [2.05, 4.69) is 46.4 Å². The summed E-state index contributed by atoms with van der Waals surface area (Å²) in [4.78, 5) is 17.5. The highest BCUT2D eigenvalue weighted by Crippen LogP contribution is 2.28. The first-order chi connectivity index (χ1) is 15.1. The number of amides is 1. The van der Waals surface area contributed by atoms with E-state index in [1.807, 2.05) is 22.8 Å². The fourth-order valence-corrected chi connectivity index (χ4v) is 5.10. The van der Waals surface area contributed by atoms with E-state index < -0.39 is 0 Å². The van der Waals surface area contributed by atoms with Crippen LogP contribution in [0, 0.1) is 0 Å². The number of hydrogen-bond donors (Lipinski definition) is 2. The van der Waals surface area contributed by atoms with Gasteiger partial charge in [-0.1, -0.05) is 18.2 Å². The first kappa shape index (κ1) is 20.3. The van der Waals surface area contributed by atoms with Crippen LogP contribution in [0.2, 0.25) is 0 Å². The minimum atomic E-state index is -0.196. The molecule has 164 valence electrons. The van der Waals surface area contributed by atoms with Gasteiger partial charge in [-0.15, -0.1) is 0 Å². The summed E-state index contributed by atoms with van der Waals surface area (Å²) in [6, 6.07) is 12.8. The molecule has 3 atom stereocenters. The van der Waals surface area contributed by atoms with Crippen LogP contribution < -0.4 is 5.32 Å². The van der Waals surface area contributed by atoms with Crippen molar-refractivity contribution in [1.82, 2.24) is 19.7 Å². The number of aliphatic hydroxyl groups excluding tert-OH is 1. The Hall–Kier alpha value is -2.61. The Kier molecular flexibility index (Phi) is 5.56. The molecule has 0 aliphatic carbocycles. The summed E-state index contributed by atoms with van der Waals surface area (Å²) in [5.41, 5.74) is 2.32. The van der Waals surface area contributed by atoms with Gasteiger partial charge in [-0.2, -0.15) is 0 Å². The van der Waals surface area contributed by atoms with Gasteiger partial charge in [0.15, 0.2) is 0 Å². The maximum absolute atomic E-state index is 12.5. The summed E-state index contributed by atoms with van der Waals surface area (Å²) in [7, 11) is 0. The summed E-state index contributed by atoms with van der Waals surface area (Å²) in [5, 5.41) is 14.2. The standard InChI is InChI=1S/C24H30N4O3/c1-17-11-27-15-20(29)9-19(27)14-26(17)12-18-13-28(23-7-3-2-6-22(18)23)16-24(30)25-10-21-5-4-8-31-21/h2-8,13,17,19-20,29H,9-12,14-16H2,1H3,(H,25,30)/t17-,19?,20-/m1/s1. The first-order valence-corrected chi connectivity index (χ1v) is 11.1. The molecule has 0 radical (unpaired) electrons. The second-order valence-electron chi connectivity index (χ2n) is 8.93. The van der Waals surface area contributed by atoms with E-state index in [1.54, 1.807) is 6.26 Å². The highest BCUT2D eigenvalue weighted by Gasteiger charge is 2.38. The van der Waals surface area contributed by atoms with Crippen LogP contribution in [0.15, 0.2) is 53.3 Å². The maximum Gasteiger partial charge on any atom is 0.240 e. The number of aliphatic hydroxyl groups is 1. The molecular weight excluding hydrogens is 392 g/mol. The van der Waals surface area contributed by atoms with Crippen LogP contribution >= 0.6 is 0 Å². The van der Waals surface area contributed by atoms with Crippen molar-refractivity contribution in [2.75, 3.05) is 19.6 Å². The van der Waals surface area contributed by atoms with Gasteiger partial charge in [0, 0.05) is 55.4 Å². The molecule has 1 amide bonds. The van der Waals surface area contributed by atoms with E-state index in [0.29, 0.717) is 18.6 Å². The van der Waals surface area contributed by atoms with E-state index in [0.717, 1.165) is 43.9 Å². The molecule has 2 N–H and O–H groups in total. The van der Waals surface area contributed by atoms with Gasteiger partial charge in [0.1, 0.15) is 12.3 Å². The van der Waals surface area contributed by atoms with E-state index in [-0.39, 0.29) is 18.6 Å². The number of carbonyl (C=O) groups excluding carboxylic acids is 1. The van der Waals surface area contributed by atoms with E-state index >= 15 is 0 Å². The third-order valence-corrected chi connectivity index (χ3v) is 6.67. The maximum atomic E-state index is 12.5. The fraction of sp³-hybridized carbons (Fsp3) is 0.458. The number of aromatic nitrogens is 1. The number of benzene rings is 1. The van der Waals surface area contributed by atoms with Crippen LogP contribution in [0.4, 0.5) is 0 Å². The van der Waals surface area contributed by atoms with Crippen LogP contribution in [0.25, 0.3) is 10.9 Å². The smallest absolute Gasteiger partial charge is 0.240 e. The number of para-hydroxylation sites is 1. The second-order valence-corrected chi connectivity index (χ2v) is 8.93. The molecule has 2 aromatic heterocycles.